The summed E-state index contributed by atoms with van der Waals surface area (Å²) in [4.78, 5) is -0.193. The molecule has 6 nitrogen and oxygen atoms in total. The van der Waals surface area contributed by atoms with E-state index in [1.165, 1.54) is 24.3 Å². The van der Waals surface area contributed by atoms with E-state index < -0.39 is 25.6 Å². The van der Waals surface area contributed by atoms with Gasteiger partial charge in [0.15, 0.2) is 9.84 Å². The van der Waals surface area contributed by atoms with Gasteiger partial charge in [-0.2, -0.15) is 0 Å². The minimum absolute atomic E-state index is 0.132. The third kappa shape index (κ3) is 5.42. The fraction of sp³-hybridized carbons (Fsp3) is 0.176. The maximum atomic E-state index is 12.4. The summed E-state index contributed by atoms with van der Waals surface area (Å²) >= 11 is 0. The number of para-hydroxylation sites is 1. The van der Waals surface area contributed by atoms with E-state index in [0.717, 1.165) is 5.41 Å². The van der Waals surface area contributed by atoms with Gasteiger partial charge in [-0.25, -0.2) is 22.0 Å². The van der Waals surface area contributed by atoms with Crippen LogP contribution in [0.15, 0.2) is 58.8 Å². The molecule has 0 saturated heterocycles. The fourth-order valence-electron chi connectivity index (χ4n) is 2.25. The number of hydrogen-bond acceptors (Lipinski definition) is 5. The van der Waals surface area contributed by atoms with Crippen LogP contribution in [0.3, 0.4) is 0 Å². The van der Waals surface area contributed by atoms with E-state index in [4.69, 9.17) is 9.88 Å². The highest BCUT2D eigenvalue weighted by Gasteiger charge is 2.17. The standard InChI is InChI=1S/C17H19NO5S2/c1-2-23-16-9-5-3-7-14(16)11-12-24(19,20)13-15-8-4-6-10-17(15)25(18,21)22/h3-12H,2,13H2,1H3,(H2,18,21,22)/b12-11+. The molecule has 0 saturated carbocycles. The number of benzene rings is 2. The van der Waals surface area contributed by atoms with E-state index >= 15 is 0 Å². The van der Waals surface area contributed by atoms with Crippen molar-refractivity contribution in [1.29, 1.82) is 0 Å². The lowest BCUT2D eigenvalue weighted by molar-refractivity contribution is 0.339. The lowest BCUT2D eigenvalue weighted by Gasteiger charge is -2.07. The molecule has 0 heterocycles. The number of primary sulfonamides is 1. The summed E-state index contributed by atoms with van der Waals surface area (Å²) in [6.07, 6.45) is 1.43. The van der Waals surface area contributed by atoms with Crippen LogP contribution in [-0.2, 0) is 25.6 Å². The van der Waals surface area contributed by atoms with Crippen LogP contribution in [0.5, 0.6) is 5.75 Å². The second-order valence-electron chi connectivity index (χ2n) is 5.23. The van der Waals surface area contributed by atoms with Gasteiger partial charge in [0.1, 0.15) is 5.75 Å². The molecule has 2 N–H and O–H groups in total. The van der Waals surface area contributed by atoms with Crippen LogP contribution in [0.25, 0.3) is 6.08 Å². The van der Waals surface area contributed by atoms with Gasteiger partial charge >= 0.3 is 0 Å². The van der Waals surface area contributed by atoms with Crippen molar-refractivity contribution in [2.75, 3.05) is 6.61 Å². The van der Waals surface area contributed by atoms with Crippen molar-refractivity contribution in [2.45, 2.75) is 17.6 Å². The van der Waals surface area contributed by atoms with Gasteiger partial charge in [0.05, 0.1) is 17.3 Å². The van der Waals surface area contributed by atoms with E-state index in [9.17, 15) is 16.8 Å². The zero-order chi connectivity index (χ0) is 18.5. The van der Waals surface area contributed by atoms with E-state index in [0.29, 0.717) is 17.9 Å². The monoisotopic (exact) mass is 381 g/mol. The van der Waals surface area contributed by atoms with Crippen LogP contribution in [-0.4, -0.2) is 23.4 Å². The maximum Gasteiger partial charge on any atom is 0.238 e. The molecule has 0 unspecified atom stereocenters. The Bertz CT molecular complexity index is 980. The average molecular weight is 381 g/mol. The molecular weight excluding hydrogens is 362 g/mol. The molecule has 2 aromatic rings. The molecule has 2 aromatic carbocycles. The molecule has 8 heteroatoms. The summed E-state index contributed by atoms with van der Waals surface area (Å²) < 4.78 is 53.3. The molecule has 0 spiro atoms. The van der Waals surface area contributed by atoms with Crippen molar-refractivity contribution in [3.63, 3.8) is 0 Å². The van der Waals surface area contributed by atoms with E-state index in [1.807, 2.05) is 6.92 Å². The van der Waals surface area contributed by atoms with Gasteiger partial charge in [0.25, 0.3) is 0 Å². The van der Waals surface area contributed by atoms with E-state index in [2.05, 4.69) is 0 Å². The minimum atomic E-state index is -4.00. The number of nitrogens with two attached hydrogens (primary N) is 1. The first kappa shape index (κ1) is 19.2. The van der Waals surface area contributed by atoms with Gasteiger partial charge in [-0.15, -0.1) is 0 Å². The topological polar surface area (TPSA) is 104 Å². The molecule has 0 aromatic heterocycles. The fourth-order valence-corrected chi connectivity index (χ4v) is 4.25. The van der Waals surface area contributed by atoms with Crippen LogP contribution < -0.4 is 9.88 Å². The van der Waals surface area contributed by atoms with Crippen LogP contribution in [0.1, 0.15) is 18.1 Å². The van der Waals surface area contributed by atoms with Gasteiger partial charge in [-0.05, 0) is 30.7 Å². The van der Waals surface area contributed by atoms with Crippen molar-refractivity contribution in [1.82, 2.24) is 0 Å². The Balaban J connectivity index is 2.30. The summed E-state index contributed by atoms with van der Waals surface area (Å²) in [5.74, 6) is 0.105. The first-order valence-electron chi connectivity index (χ1n) is 7.46. The van der Waals surface area contributed by atoms with E-state index in [-0.39, 0.29) is 10.5 Å². The lowest BCUT2D eigenvalue weighted by Crippen LogP contribution is -2.15. The number of rotatable bonds is 7. The highest BCUT2D eigenvalue weighted by atomic mass is 32.2. The zero-order valence-electron chi connectivity index (χ0n) is 13.6. The Morgan fingerprint density at radius 2 is 1.64 bits per heavy atom. The van der Waals surface area contributed by atoms with Crippen molar-refractivity contribution >= 4 is 25.9 Å². The molecule has 0 bridgehead atoms. The summed E-state index contributed by atoms with van der Waals surface area (Å²) in [6, 6.07) is 12.8. The number of ether oxygens (including phenoxy) is 1. The molecular formula is C17H19NO5S2. The van der Waals surface area contributed by atoms with Gasteiger partial charge in [0.2, 0.25) is 10.0 Å². The molecule has 0 amide bonds. The smallest absolute Gasteiger partial charge is 0.238 e. The Labute approximate surface area is 147 Å². The molecule has 134 valence electrons. The number of sulfone groups is 1. The average Bonchev–Trinajstić information content (AvgIpc) is 2.53. The van der Waals surface area contributed by atoms with Crippen molar-refractivity contribution in [3.8, 4) is 5.75 Å². The summed E-state index contributed by atoms with van der Waals surface area (Å²) in [6.45, 7) is 2.29. The third-order valence-corrected chi connectivity index (χ3v) is 5.59. The zero-order valence-corrected chi connectivity index (χ0v) is 15.3. The van der Waals surface area contributed by atoms with Crippen molar-refractivity contribution < 1.29 is 21.6 Å². The Hall–Kier alpha value is -2.16. The molecule has 25 heavy (non-hydrogen) atoms. The molecule has 0 aliphatic rings. The highest BCUT2D eigenvalue weighted by molar-refractivity contribution is 7.93. The first-order chi connectivity index (χ1) is 11.7. The Morgan fingerprint density at radius 1 is 1.00 bits per heavy atom. The SMILES string of the molecule is CCOc1ccccc1/C=C/S(=O)(=O)Cc1ccccc1S(N)(=O)=O. The molecule has 0 radical (unpaired) electrons. The first-order valence-corrected chi connectivity index (χ1v) is 10.7. The minimum Gasteiger partial charge on any atom is -0.493 e. The predicted molar refractivity (Wildman–Crippen MR) is 97.1 cm³/mol. The van der Waals surface area contributed by atoms with Gasteiger partial charge in [0, 0.05) is 11.0 Å². The van der Waals surface area contributed by atoms with Crippen LogP contribution in [0.4, 0.5) is 0 Å². The Morgan fingerprint density at radius 3 is 2.32 bits per heavy atom. The van der Waals surface area contributed by atoms with Crippen LogP contribution in [0, 0.1) is 0 Å². The summed E-state index contributed by atoms with van der Waals surface area (Å²) in [7, 11) is -7.70. The lowest BCUT2D eigenvalue weighted by atomic mass is 10.2. The highest BCUT2D eigenvalue weighted by Crippen LogP contribution is 2.22. The summed E-state index contributed by atoms with van der Waals surface area (Å²) in [5, 5.41) is 6.18. The molecule has 2 rings (SSSR count). The second-order valence-corrected chi connectivity index (χ2v) is 8.65. The molecule has 0 aliphatic heterocycles. The van der Waals surface area contributed by atoms with Gasteiger partial charge in [-0.3, -0.25) is 0 Å². The van der Waals surface area contributed by atoms with Crippen molar-refractivity contribution in [3.05, 3.63) is 65.1 Å². The van der Waals surface area contributed by atoms with Crippen molar-refractivity contribution in [2.24, 2.45) is 5.14 Å². The molecule has 0 atom stereocenters. The molecule has 0 aliphatic carbocycles. The normalized spacial score (nSPS) is 12.4. The van der Waals surface area contributed by atoms with Crippen LogP contribution >= 0.6 is 0 Å². The molecule has 0 fully saturated rings. The van der Waals surface area contributed by atoms with Gasteiger partial charge in [-0.1, -0.05) is 36.4 Å². The van der Waals surface area contributed by atoms with E-state index in [1.54, 1.807) is 30.3 Å². The quantitative estimate of drug-likeness (QED) is 0.793. The van der Waals surface area contributed by atoms with Gasteiger partial charge < -0.3 is 4.74 Å². The second kappa shape index (κ2) is 7.81. The number of sulfonamides is 1. The summed E-state index contributed by atoms with van der Waals surface area (Å²) in [5.41, 5.74) is 0.750. The predicted octanol–water partition coefficient (Wildman–Crippen LogP) is 2.32. The number of hydrogen-bond donors (Lipinski definition) is 1. The van der Waals surface area contributed by atoms with Crippen LogP contribution in [0.2, 0.25) is 0 Å². The third-order valence-electron chi connectivity index (χ3n) is 3.31. The maximum absolute atomic E-state index is 12.4. The Kier molecular flexibility index (Phi) is 5.99. The largest absolute Gasteiger partial charge is 0.493 e.